The van der Waals surface area contributed by atoms with Gasteiger partial charge in [0.05, 0.1) is 6.54 Å². The first-order valence-corrected chi connectivity index (χ1v) is 5.42. The maximum absolute atomic E-state index is 13.2. The van der Waals surface area contributed by atoms with E-state index in [1.807, 2.05) is 0 Å². The highest BCUT2D eigenvalue weighted by atomic mass is 35.5. The predicted molar refractivity (Wildman–Crippen MR) is 61.4 cm³/mol. The van der Waals surface area contributed by atoms with Crippen molar-refractivity contribution in [2.24, 2.45) is 0 Å². The standard InChI is InChI=1S/C11H10ClFN2O2/c1-6-11(17)14-5-10(16)15(6)9-3-7(12)2-8(13)4-9/h2-4,6H,5H2,1H3,(H,14,17). The third-order valence-corrected chi connectivity index (χ3v) is 2.79. The third-order valence-electron chi connectivity index (χ3n) is 2.57. The second-order valence-corrected chi connectivity index (χ2v) is 4.22. The SMILES string of the molecule is CC1C(=O)NCC(=O)N1c1cc(F)cc(Cl)c1. The van der Waals surface area contributed by atoms with Crippen LogP contribution in [0.3, 0.4) is 0 Å². The van der Waals surface area contributed by atoms with Gasteiger partial charge < -0.3 is 5.32 Å². The minimum absolute atomic E-state index is 0.0860. The van der Waals surface area contributed by atoms with E-state index in [1.54, 1.807) is 6.92 Å². The monoisotopic (exact) mass is 256 g/mol. The molecule has 0 aromatic heterocycles. The summed E-state index contributed by atoms with van der Waals surface area (Å²) in [7, 11) is 0. The first kappa shape index (κ1) is 11.9. The van der Waals surface area contributed by atoms with Crippen molar-refractivity contribution in [1.29, 1.82) is 0 Å². The number of anilines is 1. The Bertz CT molecular complexity index is 472. The Morgan fingerprint density at radius 2 is 2.12 bits per heavy atom. The molecule has 1 aliphatic rings. The maximum atomic E-state index is 13.2. The molecule has 1 aromatic carbocycles. The van der Waals surface area contributed by atoms with Gasteiger partial charge in [0.25, 0.3) is 0 Å². The highest BCUT2D eigenvalue weighted by molar-refractivity contribution is 6.31. The van der Waals surface area contributed by atoms with Crippen molar-refractivity contribution in [1.82, 2.24) is 5.32 Å². The van der Waals surface area contributed by atoms with Gasteiger partial charge in [-0.3, -0.25) is 14.5 Å². The van der Waals surface area contributed by atoms with Crippen molar-refractivity contribution >= 4 is 29.1 Å². The van der Waals surface area contributed by atoms with Crippen LogP contribution in [0.15, 0.2) is 18.2 Å². The van der Waals surface area contributed by atoms with Gasteiger partial charge in [-0.2, -0.15) is 0 Å². The maximum Gasteiger partial charge on any atom is 0.247 e. The minimum atomic E-state index is -0.672. The smallest absolute Gasteiger partial charge is 0.247 e. The molecule has 6 heteroatoms. The summed E-state index contributed by atoms with van der Waals surface area (Å²) in [5, 5.41) is 2.64. The quantitative estimate of drug-likeness (QED) is 0.824. The van der Waals surface area contributed by atoms with E-state index >= 15 is 0 Å². The van der Waals surface area contributed by atoms with Gasteiger partial charge in [0.2, 0.25) is 11.8 Å². The summed E-state index contributed by atoms with van der Waals surface area (Å²) in [4.78, 5) is 24.4. The number of benzene rings is 1. The highest BCUT2D eigenvalue weighted by Crippen LogP contribution is 2.24. The first-order chi connectivity index (χ1) is 7.99. The number of carbonyl (C=O) groups excluding carboxylic acids is 2. The van der Waals surface area contributed by atoms with Crippen molar-refractivity contribution in [3.05, 3.63) is 29.0 Å². The number of hydrogen-bond acceptors (Lipinski definition) is 2. The molecule has 1 saturated heterocycles. The van der Waals surface area contributed by atoms with Gasteiger partial charge in [-0.1, -0.05) is 11.6 Å². The number of carbonyl (C=O) groups is 2. The molecule has 0 radical (unpaired) electrons. The molecule has 2 amide bonds. The summed E-state index contributed by atoms with van der Waals surface area (Å²) in [5.74, 6) is -1.11. The van der Waals surface area contributed by atoms with Crippen LogP contribution in [0.4, 0.5) is 10.1 Å². The molecule has 0 aliphatic carbocycles. The number of piperazine rings is 1. The van der Waals surface area contributed by atoms with Crippen molar-refractivity contribution in [2.75, 3.05) is 11.4 Å². The molecule has 2 rings (SSSR count). The van der Waals surface area contributed by atoms with E-state index < -0.39 is 11.9 Å². The summed E-state index contributed by atoms with van der Waals surface area (Å²) in [5.41, 5.74) is 0.294. The lowest BCUT2D eigenvalue weighted by Crippen LogP contribution is -2.57. The number of rotatable bonds is 1. The van der Waals surface area contributed by atoms with E-state index in [9.17, 15) is 14.0 Å². The Morgan fingerprint density at radius 1 is 1.41 bits per heavy atom. The molecule has 0 bridgehead atoms. The largest absolute Gasteiger partial charge is 0.345 e. The summed E-state index contributed by atoms with van der Waals surface area (Å²) in [6, 6.07) is 3.11. The molecule has 1 heterocycles. The normalized spacial score (nSPS) is 20.4. The number of nitrogens with one attached hydrogen (secondary N) is 1. The van der Waals surface area contributed by atoms with Crippen LogP contribution in [0.1, 0.15) is 6.92 Å². The van der Waals surface area contributed by atoms with Crippen LogP contribution < -0.4 is 10.2 Å². The number of nitrogens with zero attached hydrogens (tertiary/aromatic N) is 1. The van der Waals surface area contributed by atoms with E-state index in [0.717, 1.165) is 6.07 Å². The van der Waals surface area contributed by atoms with Gasteiger partial charge in [0.15, 0.2) is 0 Å². The molecule has 1 atom stereocenters. The predicted octanol–water partition coefficient (Wildman–Crippen LogP) is 1.33. The van der Waals surface area contributed by atoms with Gasteiger partial charge in [-0.05, 0) is 25.1 Å². The van der Waals surface area contributed by atoms with E-state index in [0.29, 0.717) is 5.69 Å². The summed E-state index contributed by atoms with van der Waals surface area (Å²) in [6.07, 6.45) is 0. The number of hydrogen-bond donors (Lipinski definition) is 1. The van der Waals surface area contributed by atoms with Crippen molar-refractivity contribution in [3.8, 4) is 0 Å². The summed E-state index contributed by atoms with van der Waals surface area (Å²) < 4.78 is 13.2. The fourth-order valence-electron chi connectivity index (χ4n) is 1.77. The van der Waals surface area contributed by atoms with Crippen LogP contribution in [0, 0.1) is 5.82 Å². The number of halogens is 2. The van der Waals surface area contributed by atoms with Crippen LogP contribution in [0.2, 0.25) is 5.02 Å². The zero-order valence-corrected chi connectivity index (χ0v) is 9.79. The van der Waals surface area contributed by atoms with Crippen LogP contribution in [-0.2, 0) is 9.59 Å². The average Bonchev–Trinajstić information content (AvgIpc) is 2.23. The fraction of sp³-hybridized carbons (Fsp3) is 0.273. The molecule has 1 unspecified atom stereocenters. The lowest BCUT2D eigenvalue weighted by molar-refractivity contribution is -0.130. The van der Waals surface area contributed by atoms with E-state index in [1.165, 1.54) is 17.0 Å². The molecule has 17 heavy (non-hydrogen) atoms. The average molecular weight is 257 g/mol. The fourth-order valence-corrected chi connectivity index (χ4v) is 1.99. The van der Waals surface area contributed by atoms with E-state index in [4.69, 9.17) is 11.6 Å². The van der Waals surface area contributed by atoms with Gasteiger partial charge in [0, 0.05) is 10.7 Å². The number of amides is 2. The topological polar surface area (TPSA) is 49.4 Å². The van der Waals surface area contributed by atoms with Crippen LogP contribution in [-0.4, -0.2) is 24.4 Å². The van der Waals surface area contributed by atoms with Crippen molar-refractivity contribution in [3.63, 3.8) is 0 Å². The van der Waals surface area contributed by atoms with Gasteiger partial charge in [0.1, 0.15) is 11.9 Å². The van der Waals surface area contributed by atoms with Crippen molar-refractivity contribution in [2.45, 2.75) is 13.0 Å². The van der Waals surface area contributed by atoms with Gasteiger partial charge >= 0.3 is 0 Å². The summed E-state index contributed by atoms with van der Waals surface area (Å²) >= 11 is 5.72. The van der Waals surface area contributed by atoms with Crippen LogP contribution in [0.5, 0.6) is 0 Å². The van der Waals surface area contributed by atoms with Crippen LogP contribution >= 0.6 is 11.6 Å². The molecule has 4 nitrogen and oxygen atoms in total. The lowest BCUT2D eigenvalue weighted by atomic mass is 10.1. The van der Waals surface area contributed by atoms with Crippen LogP contribution in [0.25, 0.3) is 0 Å². The van der Waals surface area contributed by atoms with Gasteiger partial charge in [-0.15, -0.1) is 0 Å². The molecule has 0 saturated carbocycles. The molecule has 1 N–H and O–H groups in total. The minimum Gasteiger partial charge on any atom is -0.345 e. The summed E-state index contributed by atoms with van der Waals surface area (Å²) in [6.45, 7) is 1.49. The third kappa shape index (κ3) is 2.24. The van der Waals surface area contributed by atoms with Crippen molar-refractivity contribution < 1.29 is 14.0 Å². The van der Waals surface area contributed by atoms with Gasteiger partial charge in [-0.25, -0.2) is 4.39 Å². The highest BCUT2D eigenvalue weighted by Gasteiger charge is 2.32. The lowest BCUT2D eigenvalue weighted by Gasteiger charge is -2.32. The Morgan fingerprint density at radius 3 is 2.76 bits per heavy atom. The first-order valence-electron chi connectivity index (χ1n) is 5.05. The second kappa shape index (κ2) is 4.33. The second-order valence-electron chi connectivity index (χ2n) is 3.79. The zero-order chi connectivity index (χ0) is 12.6. The molecule has 1 fully saturated rings. The molecule has 0 spiro atoms. The molecule has 1 aromatic rings. The molecular weight excluding hydrogens is 247 g/mol. The van der Waals surface area contributed by atoms with E-state index in [2.05, 4.69) is 5.32 Å². The van der Waals surface area contributed by atoms with E-state index in [-0.39, 0.29) is 23.4 Å². The molecule has 90 valence electrons. The Balaban J connectivity index is 2.42. The Labute approximate surface area is 102 Å². The Kier molecular flexibility index (Phi) is 3.02. The Hall–Kier alpha value is -1.62. The molecule has 1 aliphatic heterocycles. The molecular formula is C11H10ClFN2O2. The zero-order valence-electron chi connectivity index (χ0n) is 9.04.